The van der Waals surface area contributed by atoms with Crippen LogP contribution >= 0.6 is 0 Å². The fourth-order valence-corrected chi connectivity index (χ4v) is 4.04. The Hall–Kier alpha value is -0.860. The first-order valence-corrected chi connectivity index (χ1v) is 8.45. The molecule has 1 saturated heterocycles. The summed E-state index contributed by atoms with van der Waals surface area (Å²) in [5.74, 6) is 0.879. The molecule has 2 heteroatoms. The van der Waals surface area contributed by atoms with Gasteiger partial charge in [-0.05, 0) is 68.7 Å². The first-order chi connectivity index (χ1) is 9.90. The molecule has 4 rings (SSSR count). The monoisotopic (exact) mass is 270 g/mol. The number of hydrogen-bond donors (Lipinski definition) is 1. The molecule has 2 unspecified atom stereocenters. The van der Waals surface area contributed by atoms with Crippen LogP contribution in [0.5, 0.6) is 0 Å². The van der Waals surface area contributed by atoms with Gasteiger partial charge in [0.2, 0.25) is 0 Å². The Morgan fingerprint density at radius 1 is 1.10 bits per heavy atom. The van der Waals surface area contributed by atoms with Crippen LogP contribution in [-0.4, -0.2) is 30.6 Å². The summed E-state index contributed by atoms with van der Waals surface area (Å²) in [7, 11) is 0. The highest BCUT2D eigenvalue weighted by atomic mass is 15.2. The first kappa shape index (κ1) is 12.8. The van der Waals surface area contributed by atoms with Crippen molar-refractivity contribution < 1.29 is 0 Å². The second-order valence-electron chi connectivity index (χ2n) is 6.94. The van der Waals surface area contributed by atoms with E-state index in [0.29, 0.717) is 6.04 Å². The van der Waals surface area contributed by atoms with Crippen molar-refractivity contribution in [2.75, 3.05) is 19.6 Å². The van der Waals surface area contributed by atoms with Crippen molar-refractivity contribution in [3.63, 3.8) is 0 Å². The van der Waals surface area contributed by atoms with Gasteiger partial charge in [-0.1, -0.05) is 24.3 Å². The van der Waals surface area contributed by atoms with Crippen molar-refractivity contribution in [1.29, 1.82) is 0 Å². The predicted octanol–water partition coefficient (Wildman–Crippen LogP) is 3.14. The lowest BCUT2D eigenvalue weighted by molar-refractivity contribution is 0.213. The third kappa shape index (κ3) is 2.64. The molecule has 2 aliphatic carbocycles. The van der Waals surface area contributed by atoms with Crippen molar-refractivity contribution >= 4 is 0 Å². The molecule has 2 fully saturated rings. The molecule has 2 nitrogen and oxygen atoms in total. The van der Waals surface area contributed by atoms with Crippen LogP contribution in [0.15, 0.2) is 24.3 Å². The molecule has 0 spiro atoms. The van der Waals surface area contributed by atoms with Crippen LogP contribution in [0.2, 0.25) is 0 Å². The Bertz CT molecular complexity index is 466. The van der Waals surface area contributed by atoms with E-state index in [0.717, 1.165) is 12.0 Å². The Morgan fingerprint density at radius 2 is 2.00 bits per heavy atom. The van der Waals surface area contributed by atoms with Gasteiger partial charge in [-0.2, -0.15) is 0 Å². The maximum Gasteiger partial charge on any atom is 0.0351 e. The summed E-state index contributed by atoms with van der Waals surface area (Å²) < 4.78 is 0. The summed E-state index contributed by atoms with van der Waals surface area (Å²) in [6, 6.07) is 10.7. The van der Waals surface area contributed by atoms with Gasteiger partial charge in [0.1, 0.15) is 0 Å². The standard InChI is InChI=1S/C18H26N2/c1-2-6-17-15(4-1)5-3-7-18(17)20-11-10-14(13-20)12-19-16-8-9-16/h1-2,4,6,14,16,18-19H,3,5,7-13H2. The van der Waals surface area contributed by atoms with Crippen LogP contribution in [0.1, 0.15) is 49.3 Å². The number of nitrogens with one attached hydrogen (secondary N) is 1. The van der Waals surface area contributed by atoms with E-state index in [4.69, 9.17) is 0 Å². The fourth-order valence-electron chi connectivity index (χ4n) is 4.04. The van der Waals surface area contributed by atoms with Crippen molar-refractivity contribution in [1.82, 2.24) is 10.2 Å². The van der Waals surface area contributed by atoms with Crippen LogP contribution in [-0.2, 0) is 6.42 Å². The Labute approximate surface area is 122 Å². The highest BCUT2D eigenvalue weighted by Crippen LogP contribution is 2.37. The minimum absolute atomic E-state index is 0.700. The summed E-state index contributed by atoms with van der Waals surface area (Å²) in [5, 5.41) is 3.71. The summed E-state index contributed by atoms with van der Waals surface area (Å²) in [4.78, 5) is 2.76. The van der Waals surface area contributed by atoms with Gasteiger partial charge in [0.15, 0.2) is 0 Å². The Morgan fingerprint density at radius 3 is 2.90 bits per heavy atom. The van der Waals surface area contributed by atoms with Gasteiger partial charge in [0.05, 0.1) is 0 Å². The summed E-state index contributed by atoms with van der Waals surface area (Å²) >= 11 is 0. The van der Waals surface area contributed by atoms with Gasteiger partial charge < -0.3 is 5.32 Å². The minimum Gasteiger partial charge on any atom is -0.314 e. The van der Waals surface area contributed by atoms with E-state index in [-0.39, 0.29) is 0 Å². The van der Waals surface area contributed by atoms with Crippen LogP contribution in [0.25, 0.3) is 0 Å². The van der Waals surface area contributed by atoms with Crippen LogP contribution in [0.3, 0.4) is 0 Å². The van der Waals surface area contributed by atoms with Gasteiger partial charge in [0.25, 0.3) is 0 Å². The SMILES string of the molecule is c1ccc2c(c1)CCCC2N1CCC(CNC2CC2)C1. The smallest absolute Gasteiger partial charge is 0.0351 e. The van der Waals surface area contributed by atoms with E-state index in [1.54, 1.807) is 11.1 Å². The van der Waals surface area contributed by atoms with Gasteiger partial charge in [0, 0.05) is 18.6 Å². The zero-order valence-corrected chi connectivity index (χ0v) is 12.4. The van der Waals surface area contributed by atoms with E-state index >= 15 is 0 Å². The van der Waals surface area contributed by atoms with Crippen LogP contribution in [0, 0.1) is 5.92 Å². The molecule has 1 saturated carbocycles. The normalized spacial score (nSPS) is 30.4. The van der Waals surface area contributed by atoms with E-state index < -0.39 is 0 Å². The molecule has 1 aromatic carbocycles. The molecule has 108 valence electrons. The Kier molecular flexibility index (Phi) is 3.53. The molecule has 3 aliphatic rings. The molecular formula is C18H26N2. The van der Waals surface area contributed by atoms with E-state index in [2.05, 4.69) is 34.5 Å². The van der Waals surface area contributed by atoms with Gasteiger partial charge in [-0.3, -0.25) is 4.90 Å². The van der Waals surface area contributed by atoms with Gasteiger partial charge in [-0.15, -0.1) is 0 Å². The zero-order valence-electron chi connectivity index (χ0n) is 12.4. The lowest BCUT2D eigenvalue weighted by Gasteiger charge is -2.33. The van der Waals surface area contributed by atoms with E-state index in [1.165, 1.54) is 58.2 Å². The lowest BCUT2D eigenvalue weighted by atomic mass is 9.87. The molecule has 0 radical (unpaired) electrons. The summed E-state index contributed by atoms with van der Waals surface area (Å²) in [6.07, 6.45) is 8.22. The number of nitrogens with zero attached hydrogens (tertiary/aromatic N) is 1. The van der Waals surface area contributed by atoms with Crippen molar-refractivity contribution in [2.45, 2.75) is 50.6 Å². The minimum atomic E-state index is 0.700. The fraction of sp³-hybridized carbons (Fsp3) is 0.667. The summed E-state index contributed by atoms with van der Waals surface area (Å²) in [6.45, 7) is 3.85. The average molecular weight is 270 g/mol. The van der Waals surface area contributed by atoms with Gasteiger partial charge >= 0.3 is 0 Å². The van der Waals surface area contributed by atoms with Gasteiger partial charge in [-0.25, -0.2) is 0 Å². The highest BCUT2D eigenvalue weighted by molar-refractivity contribution is 5.32. The number of rotatable bonds is 4. The second kappa shape index (κ2) is 5.50. The number of likely N-dealkylation sites (tertiary alicyclic amines) is 1. The molecule has 1 heterocycles. The molecule has 1 aliphatic heterocycles. The number of benzene rings is 1. The Balaban J connectivity index is 1.41. The lowest BCUT2D eigenvalue weighted by Crippen LogP contribution is -2.31. The van der Waals surface area contributed by atoms with Crippen LogP contribution < -0.4 is 5.32 Å². The quantitative estimate of drug-likeness (QED) is 0.904. The number of hydrogen-bond acceptors (Lipinski definition) is 2. The van der Waals surface area contributed by atoms with E-state index in [9.17, 15) is 0 Å². The molecule has 1 N–H and O–H groups in total. The van der Waals surface area contributed by atoms with E-state index in [1.807, 2.05) is 0 Å². The molecule has 2 atom stereocenters. The molecule has 0 aromatic heterocycles. The largest absolute Gasteiger partial charge is 0.314 e. The summed E-state index contributed by atoms with van der Waals surface area (Å²) in [5.41, 5.74) is 3.22. The molecule has 1 aromatic rings. The number of fused-ring (bicyclic) bond motifs is 1. The third-order valence-corrected chi connectivity index (χ3v) is 5.37. The highest BCUT2D eigenvalue weighted by Gasteiger charge is 2.32. The molecule has 0 amide bonds. The molecule has 0 bridgehead atoms. The third-order valence-electron chi connectivity index (χ3n) is 5.37. The zero-order chi connectivity index (χ0) is 13.4. The topological polar surface area (TPSA) is 15.3 Å². The maximum absolute atomic E-state index is 3.71. The molecular weight excluding hydrogens is 244 g/mol. The van der Waals surface area contributed by atoms with Crippen molar-refractivity contribution in [3.05, 3.63) is 35.4 Å². The maximum atomic E-state index is 3.71. The van der Waals surface area contributed by atoms with Crippen molar-refractivity contribution in [3.8, 4) is 0 Å². The number of aryl methyl sites for hydroxylation is 1. The first-order valence-electron chi connectivity index (χ1n) is 8.45. The molecule has 20 heavy (non-hydrogen) atoms. The second-order valence-corrected chi connectivity index (χ2v) is 6.94. The van der Waals surface area contributed by atoms with Crippen molar-refractivity contribution in [2.24, 2.45) is 5.92 Å². The van der Waals surface area contributed by atoms with Crippen LogP contribution in [0.4, 0.5) is 0 Å². The average Bonchev–Trinajstić information content (AvgIpc) is 3.21. The predicted molar refractivity (Wildman–Crippen MR) is 82.8 cm³/mol.